The number of aromatic nitrogens is 1. The maximum atomic E-state index is 12.8. The Kier molecular flexibility index (Phi) is 6.23. The van der Waals surface area contributed by atoms with Crippen LogP contribution in [0.15, 0.2) is 59.1 Å². The van der Waals surface area contributed by atoms with E-state index in [1.165, 1.54) is 0 Å². The van der Waals surface area contributed by atoms with E-state index >= 15 is 0 Å². The summed E-state index contributed by atoms with van der Waals surface area (Å²) in [6.45, 7) is 3.67. The summed E-state index contributed by atoms with van der Waals surface area (Å²) in [7, 11) is 0. The van der Waals surface area contributed by atoms with Crippen molar-refractivity contribution < 1.29 is 18.8 Å². The summed E-state index contributed by atoms with van der Waals surface area (Å²) in [5.74, 6) is 0.432. The zero-order valence-corrected chi connectivity index (χ0v) is 17.8. The third-order valence-corrected chi connectivity index (χ3v) is 5.42. The average Bonchev–Trinajstić information content (AvgIpc) is 3.29. The van der Waals surface area contributed by atoms with Gasteiger partial charge < -0.3 is 19.1 Å². The van der Waals surface area contributed by atoms with E-state index in [0.717, 1.165) is 11.1 Å². The van der Waals surface area contributed by atoms with Gasteiger partial charge in [0.15, 0.2) is 6.61 Å². The van der Waals surface area contributed by atoms with E-state index < -0.39 is 0 Å². The normalized spacial score (nSPS) is 13.9. The van der Waals surface area contributed by atoms with E-state index in [-0.39, 0.29) is 24.2 Å². The van der Waals surface area contributed by atoms with Crippen molar-refractivity contribution in [2.45, 2.75) is 6.92 Å². The van der Waals surface area contributed by atoms with Gasteiger partial charge in [0.1, 0.15) is 11.4 Å². The van der Waals surface area contributed by atoms with Crippen LogP contribution in [0.5, 0.6) is 5.75 Å². The first-order valence-electron chi connectivity index (χ1n) is 9.99. The molecule has 1 aromatic heterocycles. The lowest BCUT2D eigenvalue weighted by atomic mass is 10.1. The number of carbonyl (C=O) groups excluding carboxylic acids is 2. The zero-order chi connectivity index (χ0) is 21.8. The molecule has 8 heteroatoms. The van der Waals surface area contributed by atoms with Crippen molar-refractivity contribution in [1.29, 1.82) is 0 Å². The molecule has 1 aliphatic rings. The summed E-state index contributed by atoms with van der Waals surface area (Å²) in [5.41, 5.74) is 2.66. The van der Waals surface area contributed by atoms with Crippen LogP contribution in [0.4, 0.5) is 0 Å². The SMILES string of the molecule is Cc1ccc(-c2cc(C(=O)N3CCN(C(=O)COc4ccc(Cl)cc4)CC3)on2)cc1. The van der Waals surface area contributed by atoms with Crippen LogP contribution < -0.4 is 4.74 Å². The number of rotatable bonds is 5. The molecule has 3 aromatic rings. The summed E-state index contributed by atoms with van der Waals surface area (Å²) in [4.78, 5) is 28.5. The van der Waals surface area contributed by atoms with Crippen LogP contribution in [-0.2, 0) is 4.79 Å². The second-order valence-corrected chi connectivity index (χ2v) is 7.79. The van der Waals surface area contributed by atoms with Crippen molar-refractivity contribution in [3.63, 3.8) is 0 Å². The number of piperazine rings is 1. The molecule has 0 unspecified atom stereocenters. The molecular weight excluding hydrogens is 418 g/mol. The Hall–Kier alpha value is -3.32. The van der Waals surface area contributed by atoms with Crippen molar-refractivity contribution in [1.82, 2.24) is 15.0 Å². The third kappa shape index (κ3) is 5.06. The summed E-state index contributed by atoms with van der Waals surface area (Å²) >= 11 is 5.84. The monoisotopic (exact) mass is 439 g/mol. The van der Waals surface area contributed by atoms with E-state index in [1.54, 1.807) is 40.1 Å². The van der Waals surface area contributed by atoms with Crippen LogP contribution in [0.1, 0.15) is 16.1 Å². The second kappa shape index (κ2) is 9.22. The van der Waals surface area contributed by atoms with Gasteiger partial charge in [-0.05, 0) is 31.2 Å². The molecule has 0 N–H and O–H groups in total. The molecule has 31 heavy (non-hydrogen) atoms. The van der Waals surface area contributed by atoms with Gasteiger partial charge in [0.05, 0.1) is 0 Å². The van der Waals surface area contributed by atoms with Crippen molar-refractivity contribution in [2.75, 3.05) is 32.8 Å². The first-order valence-corrected chi connectivity index (χ1v) is 10.4. The first kappa shape index (κ1) is 20.9. The molecule has 160 valence electrons. The molecule has 2 amide bonds. The summed E-state index contributed by atoms with van der Waals surface area (Å²) in [6.07, 6.45) is 0. The van der Waals surface area contributed by atoms with Gasteiger partial charge in [0.25, 0.3) is 11.8 Å². The molecule has 0 aliphatic carbocycles. The molecule has 2 heterocycles. The molecule has 1 aliphatic heterocycles. The van der Waals surface area contributed by atoms with E-state index in [2.05, 4.69) is 5.16 Å². The maximum Gasteiger partial charge on any atom is 0.292 e. The van der Waals surface area contributed by atoms with Gasteiger partial charge in [0.2, 0.25) is 5.76 Å². The number of ether oxygens (including phenoxy) is 1. The minimum absolute atomic E-state index is 0.0579. The predicted octanol–water partition coefficient (Wildman–Crippen LogP) is 3.67. The predicted molar refractivity (Wildman–Crippen MR) is 116 cm³/mol. The van der Waals surface area contributed by atoms with Gasteiger partial charge in [-0.1, -0.05) is 46.6 Å². The lowest BCUT2D eigenvalue weighted by molar-refractivity contribution is -0.134. The minimum Gasteiger partial charge on any atom is -0.484 e. The summed E-state index contributed by atoms with van der Waals surface area (Å²) < 4.78 is 10.8. The lowest BCUT2D eigenvalue weighted by Gasteiger charge is -2.34. The fourth-order valence-corrected chi connectivity index (χ4v) is 3.44. The van der Waals surface area contributed by atoms with Gasteiger partial charge in [-0.2, -0.15) is 0 Å². The molecule has 0 bridgehead atoms. The Balaban J connectivity index is 1.29. The van der Waals surface area contributed by atoms with Crippen molar-refractivity contribution >= 4 is 23.4 Å². The minimum atomic E-state index is -0.227. The number of benzene rings is 2. The average molecular weight is 440 g/mol. The number of hydrogen-bond donors (Lipinski definition) is 0. The maximum absolute atomic E-state index is 12.8. The van der Waals surface area contributed by atoms with Crippen LogP contribution in [0.25, 0.3) is 11.3 Å². The number of nitrogens with zero attached hydrogens (tertiary/aromatic N) is 3. The van der Waals surface area contributed by atoms with E-state index in [0.29, 0.717) is 42.6 Å². The number of halogens is 1. The Morgan fingerprint density at radius 1 is 1.00 bits per heavy atom. The van der Waals surface area contributed by atoms with E-state index in [9.17, 15) is 9.59 Å². The Morgan fingerprint density at radius 2 is 1.65 bits per heavy atom. The van der Waals surface area contributed by atoms with E-state index in [4.69, 9.17) is 20.9 Å². The molecule has 1 fully saturated rings. The van der Waals surface area contributed by atoms with Gasteiger partial charge in [-0.3, -0.25) is 9.59 Å². The first-order chi connectivity index (χ1) is 15.0. The number of aryl methyl sites for hydroxylation is 1. The van der Waals surface area contributed by atoms with Crippen LogP contribution >= 0.6 is 11.6 Å². The van der Waals surface area contributed by atoms with Gasteiger partial charge in [-0.25, -0.2) is 0 Å². The summed E-state index contributed by atoms with van der Waals surface area (Å²) in [6, 6.07) is 16.4. The number of amides is 2. The smallest absolute Gasteiger partial charge is 0.292 e. The lowest BCUT2D eigenvalue weighted by Crippen LogP contribution is -2.51. The van der Waals surface area contributed by atoms with Crippen LogP contribution in [0.2, 0.25) is 5.02 Å². The quantitative estimate of drug-likeness (QED) is 0.606. The fraction of sp³-hybridized carbons (Fsp3) is 0.261. The standard InChI is InChI=1S/C23H22ClN3O4/c1-16-2-4-17(5-3-16)20-14-21(31-25-20)23(29)27-12-10-26(11-13-27)22(28)15-30-19-8-6-18(24)7-9-19/h2-9,14H,10-13,15H2,1H3. The van der Waals surface area contributed by atoms with E-state index in [1.807, 2.05) is 31.2 Å². The molecule has 0 saturated carbocycles. The molecule has 2 aromatic carbocycles. The van der Waals surface area contributed by atoms with Crippen molar-refractivity contribution in [3.05, 3.63) is 70.9 Å². The summed E-state index contributed by atoms with van der Waals surface area (Å²) in [5, 5.41) is 4.63. The molecule has 1 saturated heterocycles. The van der Waals surface area contributed by atoms with Gasteiger partial charge >= 0.3 is 0 Å². The number of hydrogen-bond acceptors (Lipinski definition) is 5. The molecule has 0 radical (unpaired) electrons. The van der Waals surface area contributed by atoms with Crippen LogP contribution in [0.3, 0.4) is 0 Å². The highest BCUT2D eigenvalue weighted by atomic mass is 35.5. The van der Waals surface area contributed by atoms with Crippen molar-refractivity contribution in [2.24, 2.45) is 0 Å². The highest BCUT2D eigenvalue weighted by molar-refractivity contribution is 6.30. The Morgan fingerprint density at radius 3 is 2.32 bits per heavy atom. The molecule has 0 spiro atoms. The van der Waals surface area contributed by atoms with Gasteiger partial charge in [0, 0.05) is 42.8 Å². The molecular formula is C23H22ClN3O4. The Bertz CT molecular complexity index is 1060. The zero-order valence-electron chi connectivity index (χ0n) is 17.1. The van der Waals surface area contributed by atoms with Gasteiger partial charge in [-0.15, -0.1) is 0 Å². The Labute approximate surface area is 185 Å². The highest BCUT2D eigenvalue weighted by Crippen LogP contribution is 2.21. The largest absolute Gasteiger partial charge is 0.484 e. The van der Waals surface area contributed by atoms with Crippen LogP contribution in [-0.4, -0.2) is 59.6 Å². The number of carbonyl (C=O) groups is 2. The van der Waals surface area contributed by atoms with Crippen LogP contribution in [0, 0.1) is 6.92 Å². The highest BCUT2D eigenvalue weighted by Gasteiger charge is 2.27. The molecule has 7 nitrogen and oxygen atoms in total. The third-order valence-electron chi connectivity index (χ3n) is 5.16. The fourth-order valence-electron chi connectivity index (χ4n) is 3.32. The second-order valence-electron chi connectivity index (χ2n) is 7.36. The topological polar surface area (TPSA) is 75.9 Å². The molecule has 0 atom stereocenters. The molecule has 4 rings (SSSR count). The van der Waals surface area contributed by atoms with Crippen molar-refractivity contribution in [3.8, 4) is 17.0 Å².